The molecule has 0 radical (unpaired) electrons. The van der Waals surface area contributed by atoms with Gasteiger partial charge in [0.2, 0.25) is 0 Å². The lowest BCUT2D eigenvalue weighted by atomic mass is 9.92. The number of nitrogens with zero attached hydrogens (tertiary/aromatic N) is 1. The van der Waals surface area contributed by atoms with Crippen molar-refractivity contribution in [2.24, 2.45) is 0 Å². The molecule has 1 heterocycles. The number of carboxylic acids is 1. The van der Waals surface area contributed by atoms with Gasteiger partial charge in [0.15, 0.2) is 5.60 Å². The lowest BCUT2D eigenvalue weighted by molar-refractivity contribution is -0.172. The van der Waals surface area contributed by atoms with Gasteiger partial charge < -0.3 is 15.3 Å². The molecule has 0 saturated heterocycles. The van der Waals surface area contributed by atoms with Crippen LogP contribution in [0.5, 0.6) is 0 Å². The number of aliphatic carboxylic acids is 1. The van der Waals surface area contributed by atoms with Crippen LogP contribution in [0.1, 0.15) is 30.0 Å². The number of hydrogen-bond acceptors (Lipinski definition) is 5. The van der Waals surface area contributed by atoms with Crippen molar-refractivity contribution >= 4 is 17.3 Å². The number of thiazole rings is 1. The average molecular weight is 231 g/mol. The first kappa shape index (κ1) is 12.1. The monoisotopic (exact) mass is 231 g/mol. The van der Waals surface area contributed by atoms with E-state index in [1.165, 1.54) is 12.4 Å². The second-order valence-electron chi connectivity index (χ2n) is 3.29. The number of aromatic nitrogens is 1. The summed E-state index contributed by atoms with van der Waals surface area (Å²) in [5.41, 5.74) is -0.0936. The Balaban J connectivity index is 3.07. The Hall–Kier alpha value is -0.980. The number of carboxylic acid groups (broad SMARTS) is 1. The molecule has 0 aliphatic carbocycles. The summed E-state index contributed by atoms with van der Waals surface area (Å²) in [6.45, 7) is 3.17. The fraction of sp³-hybridized carbons (Fsp3) is 0.556. The Kier molecular flexibility index (Phi) is 3.43. The first-order chi connectivity index (χ1) is 6.93. The van der Waals surface area contributed by atoms with Gasteiger partial charge in [-0.3, -0.25) is 0 Å². The maximum absolute atomic E-state index is 10.9. The molecule has 0 fully saturated rings. The minimum Gasteiger partial charge on any atom is -0.479 e. The van der Waals surface area contributed by atoms with Crippen LogP contribution in [0.3, 0.4) is 0 Å². The molecule has 0 bridgehead atoms. The molecule has 5 nitrogen and oxygen atoms in total. The average Bonchev–Trinajstić information content (AvgIpc) is 2.61. The van der Waals surface area contributed by atoms with Crippen LogP contribution in [0.4, 0.5) is 0 Å². The van der Waals surface area contributed by atoms with Crippen LogP contribution in [-0.2, 0) is 4.79 Å². The zero-order valence-corrected chi connectivity index (χ0v) is 9.28. The molecule has 15 heavy (non-hydrogen) atoms. The minimum absolute atomic E-state index is 0.0686. The molecule has 84 valence electrons. The Bertz CT molecular complexity index is 365. The Morgan fingerprint density at radius 1 is 1.73 bits per heavy atom. The van der Waals surface area contributed by atoms with Gasteiger partial charge in [0.05, 0.1) is 16.1 Å². The molecule has 0 aliphatic heterocycles. The largest absolute Gasteiger partial charge is 0.479 e. The quantitative estimate of drug-likeness (QED) is 0.710. The fourth-order valence-corrected chi connectivity index (χ4v) is 2.12. The van der Waals surface area contributed by atoms with E-state index in [1.54, 1.807) is 6.92 Å². The summed E-state index contributed by atoms with van der Waals surface area (Å²) in [6.07, 6.45) is -1.51. The van der Waals surface area contributed by atoms with Crippen LogP contribution in [0, 0.1) is 6.92 Å². The summed E-state index contributed by atoms with van der Waals surface area (Å²) in [4.78, 5) is 15.2. The summed E-state index contributed by atoms with van der Waals surface area (Å²) < 4.78 is 0. The molecule has 1 aromatic heterocycles. The van der Waals surface area contributed by atoms with E-state index in [9.17, 15) is 15.0 Å². The Morgan fingerprint density at radius 3 is 2.67 bits per heavy atom. The van der Waals surface area contributed by atoms with Gasteiger partial charge in [-0.2, -0.15) is 0 Å². The van der Waals surface area contributed by atoms with Crippen molar-refractivity contribution < 1.29 is 20.1 Å². The zero-order chi connectivity index (χ0) is 11.6. The molecule has 0 spiro atoms. The number of aryl methyl sites for hydroxylation is 1. The molecule has 0 aromatic carbocycles. The van der Waals surface area contributed by atoms with E-state index in [0.29, 0.717) is 10.6 Å². The van der Waals surface area contributed by atoms with Gasteiger partial charge in [-0.25, -0.2) is 9.78 Å². The first-order valence-electron chi connectivity index (χ1n) is 4.47. The molecular weight excluding hydrogens is 218 g/mol. The van der Waals surface area contributed by atoms with Crippen LogP contribution in [0.15, 0.2) is 5.51 Å². The topological polar surface area (TPSA) is 90.7 Å². The Morgan fingerprint density at radius 2 is 2.33 bits per heavy atom. The van der Waals surface area contributed by atoms with Crippen LogP contribution >= 0.6 is 11.3 Å². The number of aliphatic hydroxyl groups excluding tert-OH is 1. The van der Waals surface area contributed by atoms with Crippen LogP contribution in [0.2, 0.25) is 0 Å². The third kappa shape index (κ3) is 2.01. The normalized spacial score (nSPS) is 17.1. The summed E-state index contributed by atoms with van der Waals surface area (Å²) in [6, 6.07) is 0. The highest BCUT2D eigenvalue weighted by Crippen LogP contribution is 2.33. The molecule has 3 N–H and O–H groups in total. The van der Waals surface area contributed by atoms with Gasteiger partial charge in [0.1, 0.15) is 6.10 Å². The van der Waals surface area contributed by atoms with Crippen molar-refractivity contribution in [2.45, 2.75) is 32.0 Å². The van der Waals surface area contributed by atoms with E-state index in [0.717, 1.165) is 11.3 Å². The molecule has 6 heteroatoms. The third-order valence-corrected chi connectivity index (χ3v) is 3.38. The van der Waals surface area contributed by atoms with Crippen molar-refractivity contribution in [3.05, 3.63) is 16.1 Å². The number of carbonyl (C=O) groups is 1. The molecule has 0 amide bonds. The van der Waals surface area contributed by atoms with Gasteiger partial charge in [0, 0.05) is 0 Å². The summed E-state index contributed by atoms with van der Waals surface area (Å²) in [7, 11) is 0. The number of hydrogen-bond donors (Lipinski definition) is 3. The SMILES string of the molecule is CCC(O)(C(=O)O)C(O)c1scnc1C. The highest BCUT2D eigenvalue weighted by Gasteiger charge is 2.44. The van der Waals surface area contributed by atoms with E-state index >= 15 is 0 Å². The summed E-state index contributed by atoms with van der Waals surface area (Å²) in [5.74, 6) is -1.43. The standard InChI is InChI=1S/C9H13NO4S/c1-3-9(14,8(12)13)7(11)6-5(2)10-4-15-6/h4,7,11,14H,3H2,1-2H3,(H,12,13). The van der Waals surface area contributed by atoms with Crippen LogP contribution in [-0.4, -0.2) is 31.9 Å². The number of rotatable bonds is 4. The van der Waals surface area contributed by atoms with Crippen LogP contribution < -0.4 is 0 Å². The van der Waals surface area contributed by atoms with Crippen molar-refractivity contribution in [3.8, 4) is 0 Å². The van der Waals surface area contributed by atoms with Crippen molar-refractivity contribution in [1.29, 1.82) is 0 Å². The summed E-state index contributed by atoms with van der Waals surface area (Å²) in [5, 5.41) is 28.5. The van der Waals surface area contributed by atoms with Crippen molar-refractivity contribution in [2.75, 3.05) is 0 Å². The van der Waals surface area contributed by atoms with E-state index in [-0.39, 0.29) is 6.42 Å². The zero-order valence-electron chi connectivity index (χ0n) is 8.47. The highest BCUT2D eigenvalue weighted by molar-refractivity contribution is 7.09. The third-order valence-electron chi connectivity index (χ3n) is 2.39. The van der Waals surface area contributed by atoms with Crippen molar-refractivity contribution in [1.82, 2.24) is 4.98 Å². The molecular formula is C9H13NO4S. The first-order valence-corrected chi connectivity index (χ1v) is 5.35. The lowest BCUT2D eigenvalue weighted by Crippen LogP contribution is -2.43. The number of aliphatic hydroxyl groups is 2. The van der Waals surface area contributed by atoms with E-state index in [2.05, 4.69) is 4.98 Å². The fourth-order valence-electron chi connectivity index (χ4n) is 1.25. The lowest BCUT2D eigenvalue weighted by Gasteiger charge is -2.26. The second kappa shape index (κ2) is 4.26. The molecule has 2 atom stereocenters. The van der Waals surface area contributed by atoms with E-state index in [1.807, 2.05) is 0 Å². The van der Waals surface area contributed by atoms with Gasteiger partial charge in [-0.05, 0) is 13.3 Å². The smallest absolute Gasteiger partial charge is 0.338 e. The molecule has 1 aromatic rings. The molecule has 0 saturated carbocycles. The minimum atomic E-state index is -2.14. The maximum Gasteiger partial charge on any atom is 0.338 e. The van der Waals surface area contributed by atoms with Gasteiger partial charge >= 0.3 is 5.97 Å². The maximum atomic E-state index is 10.9. The summed E-state index contributed by atoms with van der Waals surface area (Å²) >= 11 is 1.13. The van der Waals surface area contributed by atoms with Crippen LogP contribution in [0.25, 0.3) is 0 Å². The van der Waals surface area contributed by atoms with E-state index in [4.69, 9.17) is 5.11 Å². The van der Waals surface area contributed by atoms with Gasteiger partial charge in [0.25, 0.3) is 0 Å². The molecule has 2 unspecified atom stereocenters. The predicted molar refractivity (Wildman–Crippen MR) is 54.7 cm³/mol. The van der Waals surface area contributed by atoms with Crippen molar-refractivity contribution in [3.63, 3.8) is 0 Å². The Labute approximate surface area is 91.0 Å². The van der Waals surface area contributed by atoms with E-state index < -0.39 is 17.7 Å². The molecule has 1 rings (SSSR count). The second-order valence-corrected chi connectivity index (χ2v) is 4.17. The van der Waals surface area contributed by atoms with Gasteiger partial charge in [-0.1, -0.05) is 6.92 Å². The molecule has 0 aliphatic rings. The predicted octanol–water partition coefficient (Wildman–Crippen LogP) is 0.711. The highest BCUT2D eigenvalue weighted by atomic mass is 32.1. The van der Waals surface area contributed by atoms with Gasteiger partial charge in [-0.15, -0.1) is 11.3 Å².